The summed E-state index contributed by atoms with van der Waals surface area (Å²) < 4.78 is 5.27. The molecule has 0 saturated heterocycles. The van der Waals surface area contributed by atoms with Crippen LogP contribution in [0.2, 0.25) is 0 Å². The average Bonchev–Trinajstić information content (AvgIpc) is 3.16. The Morgan fingerprint density at radius 1 is 1.27 bits per heavy atom. The van der Waals surface area contributed by atoms with Crippen molar-refractivity contribution in [2.24, 2.45) is 17.6 Å². The monoisotopic (exact) mass is 306 g/mol. The van der Waals surface area contributed by atoms with Crippen LogP contribution < -0.4 is 11.1 Å². The number of amides is 1. The SMILES string of the molecule is Cc1noc(C2CCC(NC(=O)[C@@H]3CCC[C@@H]3CN)CC2)n1. The molecule has 0 aromatic carbocycles. The second kappa shape index (κ2) is 6.77. The van der Waals surface area contributed by atoms with Gasteiger partial charge in [-0.1, -0.05) is 11.6 Å². The van der Waals surface area contributed by atoms with Crippen LogP contribution in [0.4, 0.5) is 0 Å². The summed E-state index contributed by atoms with van der Waals surface area (Å²) in [5.74, 6) is 2.50. The minimum atomic E-state index is 0.126. The van der Waals surface area contributed by atoms with E-state index in [-0.39, 0.29) is 17.9 Å². The highest BCUT2D eigenvalue weighted by Crippen LogP contribution is 2.34. The van der Waals surface area contributed by atoms with E-state index in [9.17, 15) is 4.79 Å². The third-order valence-corrected chi connectivity index (χ3v) is 5.26. The molecular formula is C16H26N4O2. The Bertz CT molecular complexity index is 508. The maximum atomic E-state index is 12.4. The van der Waals surface area contributed by atoms with E-state index in [4.69, 9.17) is 10.3 Å². The lowest BCUT2D eigenvalue weighted by Gasteiger charge is -2.29. The Hall–Kier alpha value is -1.43. The summed E-state index contributed by atoms with van der Waals surface area (Å²) in [5, 5.41) is 7.10. The highest BCUT2D eigenvalue weighted by atomic mass is 16.5. The van der Waals surface area contributed by atoms with Crippen molar-refractivity contribution in [3.8, 4) is 0 Å². The van der Waals surface area contributed by atoms with E-state index in [2.05, 4.69) is 15.5 Å². The molecule has 0 aliphatic heterocycles. The molecule has 1 amide bonds. The zero-order chi connectivity index (χ0) is 15.5. The summed E-state index contributed by atoms with van der Waals surface area (Å²) >= 11 is 0. The lowest BCUT2D eigenvalue weighted by atomic mass is 9.85. The van der Waals surface area contributed by atoms with Gasteiger partial charge in [0.05, 0.1) is 0 Å². The molecule has 22 heavy (non-hydrogen) atoms. The van der Waals surface area contributed by atoms with Crippen LogP contribution >= 0.6 is 0 Å². The maximum absolute atomic E-state index is 12.4. The first-order valence-electron chi connectivity index (χ1n) is 8.48. The predicted molar refractivity (Wildman–Crippen MR) is 82.1 cm³/mol. The first-order valence-corrected chi connectivity index (χ1v) is 8.48. The van der Waals surface area contributed by atoms with Gasteiger partial charge in [-0.15, -0.1) is 0 Å². The van der Waals surface area contributed by atoms with E-state index in [1.54, 1.807) is 0 Å². The Morgan fingerprint density at radius 3 is 2.68 bits per heavy atom. The van der Waals surface area contributed by atoms with Gasteiger partial charge < -0.3 is 15.6 Å². The molecule has 6 heteroatoms. The van der Waals surface area contributed by atoms with Gasteiger partial charge in [-0.05, 0) is 57.9 Å². The van der Waals surface area contributed by atoms with Gasteiger partial charge in [-0.25, -0.2) is 0 Å². The molecular weight excluding hydrogens is 280 g/mol. The van der Waals surface area contributed by atoms with E-state index in [1.807, 2.05) is 6.92 Å². The Kier molecular flexibility index (Phi) is 4.76. The van der Waals surface area contributed by atoms with Gasteiger partial charge in [0.1, 0.15) is 0 Å². The zero-order valence-electron chi connectivity index (χ0n) is 13.3. The first-order chi connectivity index (χ1) is 10.7. The number of carbonyl (C=O) groups excluding carboxylic acids is 1. The molecule has 0 unspecified atom stereocenters. The molecule has 1 heterocycles. The van der Waals surface area contributed by atoms with Crippen molar-refractivity contribution < 1.29 is 9.32 Å². The van der Waals surface area contributed by atoms with E-state index in [0.717, 1.165) is 50.8 Å². The summed E-state index contributed by atoms with van der Waals surface area (Å²) in [5.41, 5.74) is 5.78. The van der Waals surface area contributed by atoms with Crippen molar-refractivity contribution in [2.75, 3.05) is 6.54 Å². The number of rotatable bonds is 4. The molecule has 0 spiro atoms. The van der Waals surface area contributed by atoms with Crippen molar-refractivity contribution >= 4 is 5.91 Å². The fourth-order valence-corrected chi connectivity index (χ4v) is 3.94. The van der Waals surface area contributed by atoms with Crippen molar-refractivity contribution in [3.63, 3.8) is 0 Å². The summed E-state index contributed by atoms with van der Waals surface area (Å²) in [7, 11) is 0. The zero-order valence-corrected chi connectivity index (χ0v) is 13.3. The maximum Gasteiger partial charge on any atom is 0.229 e. The molecule has 3 rings (SSSR count). The van der Waals surface area contributed by atoms with Crippen LogP contribution in [0.25, 0.3) is 0 Å². The van der Waals surface area contributed by atoms with Crippen molar-refractivity contribution in [1.82, 2.24) is 15.5 Å². The molecule has 2 saturated carbocycles. The van der Waals surface area contributed by atoms with E-state index in [1.165, 1.54) is 0 Å². The van der Waals surface area contributed by atoms with E-state index < -0.39 is 0 Å². The molecule has 1 aromatic heterocycles. The van der Waals surface area contributed by atoms with Crippen molar-refractivity contribution in [3.05, 3.63) is 11.7 Å². The lowest BCUT2D eigenvalue weighted by molar-refractivity contribution is -0.126. The van der Waals surface area contributed by atoms with Gasteiger partial charge in [-0.2, -0.15) is 4.98 Å². The number of hydrogen-bond donors (Lipinski definition) is 2. The smallest absolute Gasteiger partial charge is 0.229 e. The normalized spacial score (nSPS) is 32.1. The first kappa shape index (κ1) is 15.5. The number of hydrogen-bond acceptors (Lipinski definition) is 5. The van der Waals surface area contributed by atoms with Gasteiger partial charge in [0, 0.05) is 17.9 Å². The molecule has 3 N–H and O–H groups in total. The third-order valence-electron chi connectivity index (χ3n) is 5.26. The third kappa shape index (κ3) is 3.32. The fraction of sp³-hybridized carbons (Fsp3) is 0.812. The molecule has 2 aliphatic carbocycles. The largest absolute Gasteiger partial charge is 0.353 e. The lowest BCUT2D eigenvalue weighted by Crippen LogP contribution is -2.42. The Balaban J connectivity index is 1.48. The van der Waals surface area contributed by atoms with Crippen molar-refractivity contribution in [2.45, 2.75) is 63.8 Å². The minimum Gasteiger partial charge on any atom is -0.353 e. The fourth-order valence-electron chi connectivity index (χ4n) is 3.94. The van der Waals surface area contributed by atoms with Crippen LogP contribution in [-0.2, 0) is 4.79 Å². The topological polar surface area (TPSA) is 94.0 Å². The van der Waals surface area contributed by atoms with Gasteiger partial charge in [-0.3, -0.25) is 4.79 Å². The number of nitrogens with one attached hydrogen (secondary N) is 1. The number of aryl methyl sites for hydroxylation is 1. The quantitative estimate of drug-likeness (QED) is 0.886. The van der Waals surface area contributed by atoms with E-state index >= 15 is 0 Å². The highest BCUT2D eigenvalue weighted by molar-refractivity contribution is 5.79. The molecule has 2 atom stereocenters. The van der Waals surface area contributed by atoms with Crippen LogP contribution in [0.15, 0.2) is 4.52 Å². The molecule has 1 aromatic rings. The molecule has 0 bridgehead atoms. The van der Waals surface area contributed by atoms with Crippen LogP contribution in [0, 0.1) is 18.8 Å². The standard InChI is InChI=1S/C16H26N4O2/c1-10-18-16(22-20-10)11-5-7-13(8-6-11)19-15(21)14-4-2-3-12(14)9-17/h11-14H,2-9,17H2,1H3,(H,19,21)/t11?,12-,13?,14-/m1/s1. The second-order valence-corrected chi connectivity index (χ2v) is 6.77. The molecule has 2 aliphatic rings. The molecule has 2 fully saturated rings. The molecule has 122 valence electrons. The van der Waals surface area contributed by atoms with Crippen LogP contribution in [0.3, 0.4) is 0 Å². The second-order valence-electron chi connectivity index (χ2n) is 6.77. The summed E-state index contributed by atoms with van der Waals surface area (Å²) in [6, 6.07) is 0.284. The minimum absolute atomic E-state index is 0.126. The molecule has 0 radical (unpaired) electrons. The number of aromatic nitrogens is 2. The van der Waals surface area contributed by atoms with Gasteiger partial charge in [0.25, 0.3) is 0 Å². The number of nitrogens with zero attached hydrogens (tertiary/aromatic N) is 2. The highest BCUT2D eigenvalue weighted by Gasteiger charge is 2.34. The average molecular weight is 306 g/mol. The van der Waals surface area contributed by atoms with Gasteiger partial charge in [0.15, 0.2) is 5.82 Å². The Morgan fingerprint density at radius 2 is 2.05 bits per heavy atom. The van der Waals surface area contributed by atoms with Gasteiger partial charge in [0.2, 0.25) is 11.8 Å². The summed E-state index contributed by atoms with van der Waals surface area (Å²) in [6.07, 6.45) is 7.18. The van der Waals surface area contributed by atoms with Crippen LogP contribution in [0.1, 0.15) is 62.6 Å². The van der Waals surface area contributed by atoms with Gasteiger partial charge >= 0.3 is 0 Å². The number of nitrogens with two attached hydrogens (primary N) is 1. The van der Waals surface area contributed by atoms with Crippen LogP contribution in [-0.4, -0.2) is 28.6 Å². The summed E-state index contributed by atoms with van der Waals surface area (Å²) in [4.78, 5) is 16.8. The summed E-state index contributed by atoms with van der Waals surface area (Å²) in [6.45, 7) is 2.47. The predicted octanol–water partition coefficient (Wildman–Crippen LogP) is 1.90. The number of carbonyl (C=O) groups is 1. The molecule has 6 nitrogen and oxygen atoms in total. The van der Waals surface area contributed by atoms with Crippen LogP contribution in [0.5, 0.6) is 0 Å². The van der Waals surface area contributed by atoms with E-state index in [0.29, 0.717) is 24.2 Å². The van der Waals surface area contributed by atoms with Crippen molar-refractivity contribution in [1.29, 1.82) is 0 Å². The Labute approximate surface area is 131 Å².